The first-order valence-corrected chi connectivity index (χ1v) is 8.61. The summed E-state index contributed by atoms with van der Waals surface area (Å²) in [5.74, 6) is 0.503. The summed E-state index contributed by atoms with van der Waals surface area (Å²) in [6.07, 6.45) is 1.40. The second-order valence-corrected chi connectivity index (χ2v) is 6.78. The molecule has 0 saturated carbocycles. The minimum absolute atomic E-state index is 0.111. The van der Waals surface area contributed by atoms with Gasteiger partial charge in [-0.15, -0.1) is 0 Å². The molecule has 0 spiro atoms. The molecule has 0 unspecified atom stereocenters. The lowest BCUT2D eigenvalue weighted by Crippen LogP contribution is -2.36. The van der Waals surface area contributed by atoms with Crippen LogP contribution in [0.4, 0.5) is 10.6 Å². The maximum Gasteiger partial charge on any atom is 0.323 e. The van der Waals surface area contributed by atoms with Crippen LogP contribution in [-0.2, 0) is 23.3 Å². The van der Waals surface area contributed by atoms with Crippen molar-refractivity contribution in [2.45, 2.75) is 13.1 Å². The number of hydrogen-bond acceptors (Lipinski definition) is 5. The average molecular weight is 348 g/mol. The van der Waals surface area contributed by atoms with Gasteiger partial charge in [-0.25, -0.2) is 19.9 Å². The Hall–Kier alpha value is -2.56. The van der Waals surface area contributed by atoms with E-state index in [9.17, 15) is 13.2 Å². The number of hydrogen-bond donors (Lipinski definition) is 3. The first kappa shape index (κ1) is 16.3. The number of carbonyl (C=O) groups is 1. The SMILES string of the molecule is CN1Cc2c(ncnc2-c2ccc(CNS(N)(=O)=O)cc2)NC1=O. The zero-order valence-corrected chi connectivity index (χ0v) is 13.7. The number of rotatable bonds is 4. The van der Waals surface area contributed by atoms with Crippen LogP contribution in [0.15, 0.2) is 30.6 Å². The van der Waals surface area contributed by atoms with Crippen molar-refractivity contribution in [2.75, 3.05) is 12.4 Å². The van der Waals surface area contributed by atoms with E-state index in [4.69, 9.17) is 5.14 Å². The minimum atomic E-state index is -3.72. The van der Waals surface area contributed by atoms with Gasteiger partial charge in [0.15, 0.2) is 0 Å². The highest BCUT2D eigenvalue weighted by Crippen LogP contribution is 2.29. The Morgan fingerprint density at radius 1 is 1.29 bits per heavy atom. The predicted molar refractivity (Wildman–Crippen MR) is 87.9 cm³/mol. The highest BCUT2D eigenvalue weighted by atomic mass is 32.2. The molecule has 0 atom stereocenters. The van der Waals surface area contributed by atoms with E-state index in [2.05, 4.69) is 20.0 Å². The molecular formula is C14H16N6O3S. The molecule has 3 rings (SSSR count). The highest BCUT2D eigenvalue weighted by Gasteiger charge is 2.24. The zero-order valence-electron chi connectivity index (χ0n) is 12.9. The number of anilines is 1. The number of fused-ring (bicyclic) bond motifs is 1. The third kappa shape index (κ3) is 3.50. The highest BCUT2D eigenvalue weighted by molar-refractivity contribution is 7.87. The van der Waals surface area contributed by atoms with E-state index in [0.717, 1.165) is 22.4 Å². The van der Waals surface area contributed by atoms with Gasteiger partial charge in [0, 0.05) is 24.7 Å². The van der Waals surface area contributed by atoms with E-state index >= 15 is 0 Å². The van der Waals surface area contributed by atoms with E-state index < -0.39 is 10.2 Å². The van der Waals surface area contributed by atoms with Crippen LogP contribution in [-0.4, -0.2) is 36.4 Å². The number of urea groups is 1. The van der Waals surface area contributed by atoms with Gasteiger partial charge in [0.2, 0.25) is 0 Å². The van der Waals surface area contributed by atoms with Gasteiger partial charge in [-0.05, 0) is 5.56 Å². The largest absolute Gasteiger partial charge is 0.323 e. The molecule has 126 valence electrons. The van der Waals surface area contributed by atoms with Gasteiger partial charge < -0.3 is 4.90 Å². The first-order valence-electron chi connectivity index (χ1n) is 7.06. The van der Waals surface area contributed by atoms with Gasteiger partial charge in [0.1, 0.15) is 12.1 Å². The summed E-state index contributed by atoms with van der Waals surface area (Å²) in [6, 6.07) is 7.02. The van der Waals surface area contributed by atoms with Crippen LogP contribution in [0.3, 0.4) is 0 Å². The lowest BCUT2D eigenvalue weighted by Gasteiger charge is -2.26. The van der Waals surface area contributed by atoms with Crippen LogP contribution in [0, 0.1) is 0 Å². The maximum absolute atomic E-state index is 11.7. The van der Waals surface area contributed by atoms with Crippen molar-refractivity contribution in [1.82, 2.24) is 19.6 Å². The molecular weight excluding hydrogens is 332 g/mol. The molecule has 0 saturated heterocycles. The fourth-order valence-corrected chi connectivity index (χ4v) is 2.76. The summed E-state index contributed by atoms with van der Waals surface area (Å²) >= 11 is 0. The number of nitrogens with zero attached hydrogens (tertiary/aromatic N) is 3. The summed E-state index contributed by atoms with van der Waals surface area (Å²) in [7, 11) is -2.03. The number of aromatic nitrogens is 2. The third-order valence-electron chi connectivity index (χ3n) is 3.62. The molecule has 2 amide bonds. The number of carbonyl (C=O) groups excluding carboxylic acids is 1. The molecule has 1 aliphatic heterocycles. The van der Waals surface area contributed by atoms with Crippen LogP contribution >= 0.6 is 0 Å². The Bertz CT molecular complexity index is 882. The lowest BCUT2D eigenvalue weighted by atomic mass is 10.0. The molecule has 0 radical (unpaired) electrons. The fourth-order valence-electron chi connectivity index (χ4n) is 2.39. The number of nitrogens with two attached hydrogens (primary N) is 1. The molecule has 0 bridgehead atoms. The Balaban J connectivity index is 1.88. The quantitative estimate of drug-likeness (QED) is 0.737. The van der Waals surface area contributed by atoms with Crippen LogP contribution < -0.4 is 15.2 Å². The van der Waals surface area contributed by atoms with Crippen molar-refractivity contribution < 1.29 is 13.2 Å². The summed E-state index contributed by atoms with van der Waals surface area (Å²) < 4.78 is 24.1. The van der Waals surface area contributed by atoms with E-state index in [1.165, 1.54) is 6.33 Å². The molecule has 2 heterocycles. The van der Waals surface area contributed by atoms with Crippen LogP contribution in [0.1, 0.15) is 11.1 Å². The van der Waals surface area contributed by atoms with Gasteiger partial charge in [0.05, 0.1) is 12.2 Å². The zero-order chi connectivity index (χ0) is 17.3. The van der Waals surface area contributed by atoms with Crippen molar-refractivity contribution in [3.63, 3.8) is 0 Å². The fraction of sp³-hybridized carbons (Fsp3) is 0.214. The molecule has 10 heteroatoms. The molecule has 24 heavy (non-hydrogen) atoms. The predicted octanol–water partition coefficient (Wildman–Crippen LogP) is 0.414. The molecule has 1 aliphatic rings. The maximum atomic E-state index is 11.7. The van der Waals surface area contributed by atoms with E-state index in [-0.39, 0.29) is 12.6 Å². The second kappa shape index (κ2) is 6.15. The molecule has 0 fully saturated rings. The Labute approximate surface area is 139 Å². The number of nitrogens with one attached hydrogen (secondary N) is 2. The summed E-state index contributed by atoms with van der Waals surface area (Å²) in [6.45, 7) is 0.520. The van der Waals surface area contributed by atoms with E-state index in [0.29, 0.717) is 12.4 Å². The molecule has 9 nitrogen and oxygen atoms in total. The monoisotopic (exact) mass is 348 g/mol. The Morgan fingerprint density at radius 2 is 2.00 bits per heavy atom. The van der Waals surface area contributed by atoms with Gasteiger partial charge in [0.25, 0.3) is 10.2 Å². The van der Waals surface area contributed by atoms with E-state index in [1.807, 2.05) is 12.1 Å². The van der Waals surface area contributed by atoms with Gasteiger partial charge in [-0.1, -0.05) is 24.3 Å². The van der Waals surface area contributed by atoms with Crippen molar-refractivity contribution >= 4 is 22.1 Å². The minimum Gasteiger partial charge on any atom is -0.323 e. The van der Waals surface area contributed by atoms with Crippen molar-refractivity contribution in [3.8, 4) is 11.3 Å². The summed E-state index contributed by atoms with van der Waals surface area (Å²) in [5, 5.41) is 7.62. The van der Waals surface area contributed by atoms with Crippen molar-refractivity contribution in [1.29, 1.82) is 0 Å². The second-order valence-electron chi connectivity index (χ2n) is 5.40. The van der Waals surface area contributed by atoms with Gasteiger partial charge in [-0.2, -0.15) is 13.1 Å². The summed E-state index contributed by atoms with van der Waals surface area (Å²) in [4.78, 5) is 21.7. The van der Waals surface area contributed by atoms with E-state index in [1.54, 1.807) is 24.1 Å². The molecule has 0 aliphatic carbocycles. The third-order valence-corrected chi connectivity index (χ3v) is 4.16. The normalized spacial score (nSPS) is 14.2. The van der Waals surface area contributed by atoms with Crippen LogP contribution in [0.25, 0.3) is 11.3 Å². The van der Waals surface area contributed by atoms with Gasteiger partial charge >= 0.3 is 6.03 Å². The van der Waals surface area contributed by atoms with Crippen LogP contribution in [0.2, 0.25) is 0 Å². The standard InChI is InChI=1S/C14H16N6O3S/c1-20-7-11-12(16-8-17-13(11)19-14(20)21)10-4-2-9(3-5-10)6-18-24(15,22)23/h2-5,8,18H,6-7H2,1H3,(H2,15,22,23)(H,16,17,19,21). The molecule has 4 N–H and O–H groups in total. The summed E-state index contributed by atoms with van der Waals surface area (Å²) in [5.41, 5.74) is 3.16. The average Bonchev–Trinajstić information content (AvgIpc) is 2.53. The Morgan fingerprint density at radius 3 is 2.67 bits per heavy atom. The number of benzene rings is 1. The molecule has 1 aromatic carbocycles. The van der Waals surface area contributed by atoms with Crippen molar-refractivity contribution in [2.24, 2.45) is 5.14 Å². The van der Waals surface area contributed by atoms with Gasteiger partial charge in [-0.3, -0.25) is 5.32 Å². The first-order chi connectivity index (χ1) is 11.3. The topological polar surface area (TPSA) is 130 Å². The molecule has 1 aromatic heterocycles. The lowest BCUT2D eigenvalue weighted by molar-refractivity contribution is 0.218. The van der Waals surface area contributed by atoms with Crippen LogP contribution in [0.5, 0.6) is 0 Å². The Kier molecular flexibility index (Phi) is 4.18. The van der Waals surface area contributed by atoms with Crippen molar-refractivity contribution in [3.05, 3.63) is 41.7 Å². The number of amides is 2. The smallest absolute Gasteiger partial charge is 0.323 e. The molecule has 2 aromatic rings.